The fraction of sp³-hybridized carbons (Fsp3) is 0.308. The minimum Gasteiger partial charge on any atom is -0.384 e. The molecule has 0 unspecified atom stereocenters. The maximum absolute atomic E-state index is 13.3. The molecule has 1 aromatic carbocycles. The van der Waals surface area contributed by atoms with E-state index in [2.05, 4.69) is 49.0 Å². The van der Waals surface area contributed by atoms with Crippen LogP contribution in [0.3, 0.4) is 0 Å². The maximum atomic E-state index is 13.3. The molecule has 2 heterocycles. The van der Waals surface area contributed by atoms with Crippen molar-refractivity contribution in [3.63, 3.8) is 0 Å². The first-order valence-corrected chi connectivity index (χ1v) is 11.8. The molecule has 0 saturated carbocycles. The van der Waals surface area contributed by atoms with Crippen molar-refractivity contribution >= 4 is 34.2 Å². The van der Waals surface area contributed by atoms with E-state index in [1.165, 1.54) is 0 Å². The highest BCUT2D eigenvalue weighted by Gasteiger charge is 2.32. The zero-order chi connectivity index (χ0) is 24.0. The van der Waals surface area contributed by atoms with Crippen LogP contribution in [0.5, 0.6) is 0 Å². The number of hydrogen-bond donors (Lipinski definition) is 2. The van der Waals surface area contributed by atoms with E-state index >= 15 is 0 Å². The lowest BCUT2D eigenvalue weighted by molar-refractivity contribution is -0.0329. The number of benzene rings is 1. The molecular formula is C26H28F3N3S. The summed E-state index contributed by atoms with van der Waals surface area (Å²) in [4.78, 5) is 0. The number of nitrogens with one attached hydrogen (secondary N) is 2. The molecule has 0 aliphatic heterocycles. The number of alkyl halides is 3. The summed E-state index contributed by atoms with van der Waals surface area (Å²) in [6.07, 6.45) is 3.37. The first-order valence-electron chi connectivity index (χ1n) is 10.9. The van der Waals surface area contributed by atoms with Gasteiger partial charge >= 0.3 is 5.51 Å². The Bertz CT molecular complexity index is 1200. The Balaban J connectivity index is 1.87. The predicted octanol–water partition coefficient (Wildman–Crippen LogP) is 7.43. The first kappa shape index (κ1) is 24.7. The Morgan fingerprint density at radius 2 is 1.88 bits per heavy atom. The molecule has 3 aromatic rings. The second-order valence-corrected chi connectivity index (χ2v) is 8.51. The molecule has 0 fully saturated rings. The van der Waals surface area contributed by atoms with Crippen LogP contribution in [0.15, 0.2) is 54.2 Å². The minimum absolute atomic E-state index is 0.0708. The molecule has 174 valence electrons. The summed E-state index contributed by atoms with van der Waals surface area (Å²) < 4.78 is 41.3. The number of aromatic nitrogens is 1. The number of fused-ring (bicyclic) bond motifs is 1. The number of anilines is 2. The topological polar surface area (TPSA) is 28.5 Å². The lowest BCUT2D eigenvalue weighted by Crippen LogP contribution is -2.03. The van der Waals surface area contributed by atoms with Crippen molar-refractivity contribution in [2.75, 3.05) is 23.7 Å². The van der Waals surface area contributed by atoms with Gasteiger partial charge < -0.3 is 15.0 Å². The molecule has 0 aliphatic rings. The van der Waals surface area contributed by atoms with Gasteiger partial charge in [0.15, 0.2) is 0 Å². The maximum Gasteiger partial charge on any atom is 0.447 e. The van der Waals surface area contributed by atoms with E-state index in [0.29, 0.717) is 24.2 Å². The number of rotatable bonds is 8. The van der Waals surface area contributed by atoms with Crippen molar-refractivity contribution in [3.8, 4) is 11.8 Å². The largest absolute Gasteiger partial charge is 0.447 e. The SMILES string of the molecule is C=C(CC)c1ccc(NCC#Cc2cc3c(NCC)cccn3c2SC(F)(F)F)c(CC)c1. The summed E-state index contributed by atoms with van der Waals surface area (Å²) in [6.45, 7) is 11.2. The second kappa shape index (κ2) is 10.8. The van der Waals surface area contributed by atoms with E-state index in [9.17, 15) is 13.2 Å². The standard InChI is InChI=1S/C26H28F3N3S/c1-5-18(4)20-12-13-22(19(6-2)16-20)31-14-8-10-21-17-24-23(30-7-3)11-9-15-32(24)25(21)33-26(27,28)29/h9,11-13,15-17,30-31H,4-7,14H2,1-3H3. The van der Waals surface area contributed by atoms with E-state index in [-0.39, 0.29) is 16.8 Å². The van der Waals surface area contributed by atoms with Crippen LogP contribution >= 0.6 is 11.8 Å². The number of aryl methyl sites for hydroxylation is 1. The van der Waals surface area contributed by atoms with Crippen LogP contribution in [0.4, 0.5) is 24.5 Å². The van der Waals surface area contributed by atoms with Gasteiger partial charge in [0.1, 0.15) is 5.03 Å². The Morgan fingerprint density at radius 1 is 1.09 bits per heavy atom. The van der Waals surface area contributed by atoms with Crippen molar-refractivity contribution in [2.24, 2.45) is 0 Å². The monoisotopic (exact) mass is 471 g/mol. The molecule has 33 heavy (non-hydrogen) atoms. The van der Waals surface area contributed by atoms with Crippen molar-refractivity contribution in [3.05, 3.63) is 65.9 Å². The molecule has 0 bridgehead atoms. The van der Waals surface area contributed by atoms with Gasteiger partial charge in [-0.1, -0.05) is 38.3 Å². The van der Waals surface area contributed by atoms with Crippen LogP contribution in [0.25, 0.3) is 11.1 Å². The smallest absolute Gasteiger partial charge is 0.384 e. The summed E-state index contributed by atoms with van der Waals surface area (Å²) in [5.41, 5.74) is 1.73. The van der Waals surface area contributed by atoms with Gasteiger partial charge in [-0.05, 0) is 66.8 Å². The van der Waals surface area contributed by atoms with Gasteiger partial charge in [-0.3, -0.25) is 0 Å². The zero-order valence-electron chi connectivity index (χ0n) is 19.1. The Kier molecular flexibility index (Phi) is 8.04. The third kappa shape index (κ3) is 6.08. The van der Waals surface area contributed by atoms with Crippen LogP contribution < -0.4 is 10.6 Å². The van der Waals surface area contributed by atoms with E-state index in [0.717, 1.165) is 40.9 Å². The molecule has 3 rings (SSSR count). The fourth-order valence-corrected chi connectivity index (χ4v) is 4.27. The number of hydrogen-bond acceptors (Lipinski definition) is 3. The van der Waals surface area contributed by atoms with Gasteiger partial charge in [0.2, 0.25) is 0 Å². The minimum atomic E-state index is -4.41. The van der Waals surface area contributed by atoms with Gasteiger partial charge in [0.25, 0.3) is 0 Å². The van der Waals surface area contributed by atoms with Gasteiger partial charge in [-0.15, -0.1) is 0 Å². The number of allylic oxidation sites excluding steroid dienone is 1. The Hall–Kier alpha value is -2.98. The average molecular weight is 472 g/mol. The van der Waals surface area contributed by atoms with Crippen molar-refractivity contribution in [1.82, 2.24) is 4.40 Å². The Morgan fingerprint density at radius 3 is 2.55 bits per heavy atom. The van der Waals surface area contributed by atoms with Crippen LogP contribution in [0, 0.1) is 11.8 Å². The quantitative estimate of drug-likeness (QED) is 0.264. The number of nitrogens with zero attached hydrogens (tertiary/aromatic N) is 1. The van der Waals surface area contributed by atoms with E-state index in [1.807, 2.05) is 25.1 Å². The number of halogens is 3. The van der Waals surface area contributed by atoms with Gasteiger partial charge in [0, 0.05) is 30.2 Å². The summed E-state index contributed by atoms with van der Waals surface area (Å²) in [6, 6.07) is 11.5. The summed E-state index contributed by atoms with van der Waals surface area (Å²) >= 11 is -0.139. The second-order valence-electron chi connectivity index (χ2n) is 7.46. The number of pyridine rings is 1. The highest BCUT2D eigenvalue weighted by Crippen LogP contribution is 2.40. The van der Waals surface area contributed by atoms with E-state index in [1.54, 1.807) is 22.7 Å². The molecule has 0 radical (unpaired) electrons. The van der Waals surface area contributed by atoms with Crippen LogP contribution in [0.2, 0.25) is 0 Å². The normalized spacial score (nSPS) is 11.2. The number of thioether (sulfide) groups is 1. The van der Waals surface area contributed by atoms with Crippen molar-refractivity contribution < 1.29 is 13.2 Å². The highest BCUT2D eigenvalue weighted by molar-refractivity contribution is 8.00. The van der Waals surface area contributed by atoms with Crippen LogP contribution in [0.1, 0.15) is 43.9 Å². The molecule has 2 N–H and O–H groups in total. The summed E-state index contributed by atoms with van der Waals surface area (Å²) in [7, 11) is 0. The molecule has 7 heteroatoms. The first-order chi connectivity index (χ1) is 15.8. The summed E-state index contributed by atoms with van der Waals surface area (Å²) in [5, 5.41) is 6.56. The predicted molar refractivity (Wildman–Crippen MR) is 134 cm³/mol. The highest BCUT2D eigenvalue weighted by atomic mass is 32.2. The molecule has 3 nitrogen and oxygen atoms in total. The molecule has 0 amide bonds. The molecule has 0 atom stereocenters. The van der Waals surface area contributed by atoms with Gasteiger partial charge in [0.05, 0.1) is 23.3 Å². The molecule has 0 spiro atoms. The molecular weight excluding hydrogens is 443 g/mol. The van der Waals surface area contributed by atoms with Crippen LogP contribution in [-0.2, 0) is 6.42 Å². The van der Waals surface area contributed by atoms with Crippen molar-refractivity contribution in [2.45, 2.75) is 44.1 Å². The van der Waals surface area contributed by atoms with Gasteiger partial charge in [-0.2, -0.15) is 13.2 Å². The molecule has 0 saturated heterocycles. The van der Waals surface area contributed by atoms with Gasteiger partial charge in [-0.25, -0.2) is 0 Å². The average Bonchev–Trinajstić information content (AvgIpc) is 3.13. The lowest BCUT2D eigenvalue weighted by atomic mass is 10.00. The zero-order valence-corrected chi connectivity index (χ0v) is 19.9. The lowest BCUT2D eigenvalue weighted by Gasteiger charge is -2.12. The van der Waals surface area contributed by atoms with E-state index < -0.39 is 5.51 Å². The van der Waals surface area contributed by atoms with Crippen LogP contribution in [-0.4, -0.2) is 23.0 Å². The fourth-order valence-electron chi connectivity index (χ4n) is 3.58. The third-order valence-corrected chi connectivity index (χ3v) is 6.10. The third-order valence-electron chi connectivity index (χ3n) is 5.25. The van der Waals surface area contributed by atoms with Crippen molar-refractivity contribution in [1.29, 1.82) is 0 Å². The Labute approximate surface area is 197 Å². The summed E-state index contributed by atoms with van der Waals surface area (Å²) in [5.74, 6) is 5.94. The van der Waals surface area contributed by atoms with E-state index in [4.69, 9.17) is 0 Å². The molecule has 0 aliphatic carbocycles. The molecule has 2 aromatic heterocycles.